The first-order valence-corrected chi connectivity index (χ1v) is 28.7. The van der Waals surface area contributed by atoms with E-state index < -0.39 is 15.9 Å². The number of allylic oxidation sites excluding steroid dienone is 4. The zero-order chi connectivity index (χ0) is 36.7. The van der Waals surface area contributed by atoms with Crippen LogP contribution in [0.3, 0.4) is 0 Å². The van der Waals surface area contributed by atoms with Gasteiger partial charge < -0.3 is 0 Å². The molecule has 0 heterocycles. The Morgan fingerprint density at radius 1 is 0.460 bits per heavy atom. The van der Waals surface area contributed by atoms with Crippen LogP contribution in [-0.4, -0.2) is 3.21 Å². The molecule has 2 aliphatic carbocycles. The third-order valence-corrected chi connectivity index (χ3v) is 30.8. The van der Waals surface area contributed by atoms with E-state index in [2.05, 4.69) is 192 Å². The van der Waals surface area contributed by atoms with Crippen LogP contribution in [0, 0.1) is 0 Å². The first-order chi connectivity index (χ1) is 23.0. The molecule has 0 unspecified atom stereocenters. The summed E-state index contributed by atoms with van der Waals surface area (Å²) in [6.07, 6.45) is 8.86. The monoisotopic (exact) mass is 780 g/mol. The van der Waals surface area contributed by atoms with Crippen LogP contribution >= 0.6 is 17.0 Å². The molecule has 0 bridgehead atoms. The van der Waals surface area contributed by atoms with E-state index in [9.17, 15) is 0 Å². The van der Waals surface area contributed by atoms with Crippen LogP contribution in [0.4, 0.5) is 0 Å². The summed E-state index contributed by atoms with van der Waals surface area (Å²) in [6, 6.07) is 32.5. The zero-order valence-corrected chi connectivity index (χ0v) is 36.3. The van der Waals surface area contributed by atoms with Gasteiger partial charge in [0.2, 0.25) is 0 Å². The number of hydrogen-bond donors (Lipinski definition) is 0. The summed E-state index contributed by atoms with van der Waals surface area (Å²) in [5.74, 6) is 0. The van der Waals surface area contributed by atoms with Crippen LogP contribution in [0.5, 0.6) is 0 Å². The molecule has 4 aromatic rings. The molecule has 0 saturated carbocycles. The van der Waals surface area contributed by atoms with Crippen LogP contribution in [0.2, 0.25) is 3.63 Å². The van der Waals surface area contributed by atoms with Crippen molar-refractivity contribution in [2.24, 2.45) is 0 Å². The van der Waals surface area contributed by atoms with Crippen molar-refractivity contribution in [3.8, 4) is 11.1 Å². The Bertz CT molecular complexity index is 1940. The molecule has 0 aromatic heterocycles. The van der Waals surface area contributed by atoms with E-state index in [1.807, 2.05) is 0 Å². The van der Waals surface area contributed by atoms with Crippen molar-refractivity contribution in [3.05, 3.63) is 154 Å². The normalized spacial score (nSPS) is 15.8. The standard InChI is InChI=1S/C21H25.C21H26.C5H5.2ClH.Zr/c1-20(2,3)16-9-7-14-11-15-8-10-17(21(4,5)6)13-19(15)18(14)12-16;1-20(2,3)18-11-7-16(8-12-18)15-17-9-13-19(14-10-17)21(4,5)6;1-2-4-5-3-1;;;/h7-13H,1-6H3;7-14H,1-6H3;1-5H;2*1H;/q;;;;;+2/p-2. The van der Waals surface area contributed by atoms with Gasteiger partial charge in [0.25, 0.3) is 0 Å². The van der Waals surface area contributed by atoms with Crippen molar-refractivity contribution in [1.82, 2.24) is 0 Å². The Morgan fingerprint density at radius 3 is 1.10 bits per heavy atom. The van der Waals surface area contributed by atoms with Crippen molar-refractivity contribution in [2.75, 3.05) is 0 Å². The van der Waals surface area contributed by atoms with E-state index in [0.29, 0.717) is 0 Å². The van der Waals surface area contributed by atoms with E-state index in [4.69, 9.17) is 17.0 Å². The maximum atomic E-state index is 8.85. The molecule has 0 fully saturated rings. The molecule has 6 rings (SSSR count). The van der Waals surface area contributed by atoms with Crippen LogP contribution in [-0.2, 0) is 37.6 Å². The molecule has 2 aliphatic rings. The first kappa shape index (κ1) is 37.5. The molecule has 0 atom stereocenters. The van der Waals surface area contributed by atoms with Crippen molar-refractivity contribution in [3.63, 3.8) is 0 Å². The van der Waals surface area contributed by atoms with Crippen LogP contribution in [0.25, 0.3) is 11.1 Å². The van der Waals surface area contributed by atoms with Gasteiger partial charge in [-0.3, -0.25) is 0 Å². The number of halogens is 2. The predicted octanol–water partition coefficient (Wildman–Crippen LogP) is 14.1. The minimum absolute atomic E-state index is 0.00664. The van der Waals surface area contributed by atoms with Gasteiger partial charge in [-0.15, -0.1) is 0 Å². The molecule has 0 N–H and O–H groups in total. The fraction of sp³-hybridized carbons (Fsp3) is 0.383. The van der Waals surface area contributed by atoms with Gasteiger partial charge in [0, 0.05) is 0 Å². The number of hydrogen-bond acceptors (Lipinski definition) is 0. The van der Waals surface area contributed by atoms with Crippen molar-refractivity contribution >= 4 is 20.2 Å². The van der Waals surface area contributed by atoms with Crippen LogP contribution < -0.4 is 0 Å². The summed E-state index contributed by atoms with van der Waals surface area (Å²) in [7, 11) is 17.7. The molecule has 0 nitrogen and oxygen atoms in total. The minimum atomic E-state index is -5.44. The van der Waals surface area contributed by atoms with Crippen LogP contribution in [0.15, 0.2) is 109 Å². The summed E-state index contributed by atoms with van der Waals surface area (Å²) in [5, 5.41) is 0. The molecular formula is C47H56Cl2Zr. The average molecular weight is 783 g/mol. The summed E-state index contributed by atoms with van der Waals surface area (Å²) >= 11 is -5.44. The van der Waals surface area contributed by atoms with Gasteiger partial charge in [-0.2, -0.15) is 0 Å². The zero-order valence-electron chi connectivity index (χ0n) is 32.3. The molecule has 0 spiro atoms. The predicted molar refractivity (Wildman–Crippen MR) is 218 cm³/mol. The Hall–Kier alpha value is -2.31. The second kappa shape index (κ2) is 12.4. The number of benzene rings is 4. The third kappa shape index (κ3) is 6.48. The summed E-state index contributed by atoms with van der Waals surface area (Å²) in [6.45, 7) is 27.4. The molecule has 0 aliphatic heterocycles. The topological polar surface area (TPSA) is 0 Å². The Kier molecular flexibility index (Phi) is 9.28. The average Bonchev–Trinajstić information content (AvgIpc) is 3.68. The third-order valence-electron chi connectivity index (χ3n) is 11.2. The quantitative estimate of drug-likeness (QED) is 0.193. The second-order valence-electron chi connectivity index (χ2n) is 19.0. The fourth-order valence-electron chi connectivity index (χ4n) is 8.03. The van der Waals surface area contributed by atoms with E-state index in [1.165, 1.54) is 44.5 Å². The van der Waals surface area contributed by atoms with E-state index in [1.54, 1.807) is 0 Å². The van der Waals surface area contributed by atoms with Crippen LogP contribution in [0.1, 0.15) is 131 Å². The fourth-order valence-corrected chi connectivity index (χ4v) is 27.4. The summed E-state index contributed by atoms with van der Waals surface area (Å²) in [4.78, 5) is 0. The molecule has 0 amide bonds. The summed E-state index contributed by atoms with van der Waals surface area (Å²) < 4.78 is 0.901. The molecule has 50 heavy (non-hydrogen) atoms. The van der Waals surface area contributed by atoms with Crippen molar-refractivity contribution in [2.45, 2.75) is 112 Å². The Labute approximate surface area is 310 Å². The van der Waals surface area contributed by atoms with Crippen molar-refractivity contribution < 1.29 is 15.9 Å². The molecule has 4 aromatic carbocycles. The first-order valence-electron chi connectivity index (χ1n) is 18.3. The van der Waals surface area contributed by atoms with Gasteiger partial charge in [0.05, 0.1) is 0 Å². The molecule has 0 saturated heterocycles. The molecule has 0 radical (unpaired) electrons. The van der Waals surface area contributed by atoms with Crippen molar-refractivity contribution in [1.29, 1.82) is 0 Å². The van der Waals surface area contributed by atoms with Gasteiger partial charge in [-0.1, -0.05) is 0 Å². The van der Waals surface area contributed by atoms with Gasteiger partial charge in [-0.25, -0.2) is 0 Å². The Morgan fingerprint density at radius 2 is 0.780 bits per heavy atom. The van der Waals surface area contributed by atoms with Gasteiger partial charge >= 0.3 is 313 Å². The molecule has 3 heteroatoms. The van der Waals surface area contributed by atoms with Gasteiger partial charge in [0.15, 0.2) is 0 Å². The van der Waals surface area contributed by atoms with Gasteiger partial charge in [-0.05, 0) is 0 Å². The van der Waals surface area contributed by atoms with E-state index in [0.717, 1.165) is 14.3 Å². The number of fused-ring (bicyclic) bond motifs is 3. The van der Waals surface area contributed by atoms with E-state index in [-0.39, 0.29) is 28.9 Å². The molecule has 262 valence electrons. The van der Waals surface area contributed by atoms with E-state index >= 15 is 0 Å². The van der Waals surface area contributed by atoms with Gasteiger partial charge in [0.1, 0.15) is 0 Å². The Balaban J connectivity index is 1.79. The number of rotatable bonds is 4. The SMILES string of the molecule is CC(C)(C)c1ccc([C](c2ccc(C(C)(C)C)cc2)=[Zr]([Cl])([Cl])([CH]2C=CC=C2)[CH]2c3ccc(C(C)(C)C)cc3-c3cc(C(C)(C)C)ccc32)cc1. The molecular weight excluding hydrogens is 727 g/mol. The summed E-state index contributed by atoms with van der Waals surface area (Å²) in [5.41, 5.74) is 12.6. The second-order valence-corrected chi connectivity index (χ2v) is 39.7. The maximum absolute atomic E-state index is 8.85.